The number of ether oxygens (including phenoxy) is 1. The molecule has 0 spiro atoms. The molecule has 1 amide bonds. The van der Waals surface area contributed by atoms with E-state index < -0.39 is 11.2 Å². The van der Waals surface area contributed by atoms with Gasteiger partial charge in [-0.05, 0) is 26.7 Å². The van der Waals surface area contributed by atoms with Crippen LogP contribution in [0.5, 0.6) is 0 Å². The molecule has 0 radical (unpaired) electrons. The summed E-state index contributed by atoms with van der Waals surface area (Å²) in [7, 11) is 0. The number of aromatic nitrogens is 2. The highest BCUT2D eigenvalue weighted by atomic mass is 16.5. The van der Waals surface area contributed by atoms with Crippen LogP contribution < -0.4 is 11.0 Å². The molecule has 2 rings (SSSR count). The van der Waals surface area contributed by atoms with Gasteiger partial charge in [0, 0.05) is 30.2 Å². The highest BCUT2D eigenvalue weighted by Crippen LogP contribution is 2.20. The zero-order chi connectivity index (χ0) is 15.5. The molecule has 7 nitrogen and oxygen atoms in total. The Bertz CT molecular complexity index is 550. The minimum absolute atomic E-state index is 0.107. The Hall–Kier alpha value is -1.73. The Morgan fingerprint density at radius 2 is 2.10 bits per heavy atom. The molecule has 0 unspecified atom stereocenters. The molecule has 1 aromatic heterocycles. The lowest BCUT2D eigenvalue weighted by atomic mass is 9.90. The number of rotatable bonds is 4. The van der Waals surface area contributed by atoms with E-state index in [1.165, 1.54) is 0 Å². The Morgan fingerprint density at radius 1 is 1.43 bits per heavy atom. The highest BCUT2D eigenvalue weighted by molar-refractivity contribution is 5.79. The first-order valence-electron chi connectivity index (χ1n) is 7.02. The molecule has 1 fully saturated rings. The Balaban J connectivity index is 2.09. The predicted octanol–water partition coefficient (Wildman–Crippen LogP) is -0.413. The molecule has 1 saturated heterocycles. The number of amides is 1. The monoisotopic (exact) mass is 295 g/mol. The summed E-state index contributed by atoms with van der Waals surface area (Å²) in [5.74, 6) is -0.189. The highest BCUT2D eigenvalue weighted by Gasteiger charge is 2.33. The van der Waals surface area contributed by atoms with Crippen LogP contribution in [0.2, 0.25) is 0 Å². The molecule has 0 bridgehead atoms. The first kappa shape index (κ1) is 15.7. The van der Waals surface area contributed by atoms with Crippen molar-refractivity contribution in [2.45, 2.75) is 38.6 Å². The summed E-state index contributed by atoms with van der Waals surface area (Å²) in [6, 6.07) is 0. The fourth-order valence-electron chi connectivity index (χ4n) is 2.60. The minimum Gasteiger partial charge on any atom is -0.394 e. The number of hydrogen-bond acceptors (Lipinski definition) is 5. The Kier molecular flexibility index (Phi) is 4.74. The average Bonchev–Trinajstić information content (AvgIpc) is 2.44. The molecule has 2 heterocycles. The summed E-state index contributed by atoms with van der Waals surface area (Å²) in [5.41, 5.74) is 0.897. The lowest BCUT2D eigenvalue weighted by Gasteiger charge is -2.36. The van der Waals surface area contributed by atoms with Crippen molar-refractivity contribution in [2.75, 3.05) is 19.8 Å². The van der Waals surface area contributed by atoms with Crippen molar-refractivity contribution in [3.8, 4) is 0 Å². The summed E-state index contributed by atoms with van der Waals surface area (Å²) >= 11 is 0. The third-order valence-corrected chi connectivity index (χ3v) is 3.95. The van der Waals surface area contributed by atoms with Crippen molar-refractivity contribution in [1.29, 1.82) is 0 Å². The molecule has 1 aliphatic heterocycles. The zero-order valence-corrected chi connectivity index (χ0v) is 12.4. The Labute approximate surface area is 122 Å². The van der Waals surface area contributed by atoms with Crippen LogP contribution >= 0.6 is 0 Å². The quantitative estimate of drug-likeness (QED) is 0.700. The second-order valence-corrected chi connectivity index (χ2v) is 5.51. The van der Waals surface area contributed by atoms with E-state index in [9.17, 15) is 14.7 Å². The third kappa shape index (κ3) is 3.68. The van der Waals surface area contributed by atoms with Crippen molar-refractivity contribution in [1.82, 2.24) is 15.3 Å². The molecule has 1 aromatic rings. The maximum Gasteiger partial charge on any atom is 0.345 e. The number of nitrogens with zero attached hydrogens (tertiary/aromatic N) is 1. The Morgan fingerprint density at radius 3 is 2.67 bits per heavy atom. The number of carbonyl (C=O) groups is 1. The number of aliphatic hydroxyl groups excluding tert-OH is 1. The van der Waals surface area contributed by atoms with E-state index in [4.69, 9.17) is 4.74 Å². The van der Waals surface area contributed by atoms with Gasteiger partial charge in [0.1, 0.15) is 0 Å². The second kappa shape index (κ2) is 6.36. The van der Waals surface area contributed by atoms with Gasteiger partial charge >= 0.3 is 5.69 Å². The predicted molar refractivity (Wildman–Crippen MR) is 76.0 cm³/mol. The number of nitrogens with one attached hydrogen (secondary N) is 2. The van der Waals surface area contributed by atoms with Gasteiger partial charge in [-0.1, -0.05) is 0 Å². The molecule has 0 aromatic carbocycles. The van der Waals surface area contributed by atoms with Gasteiger partial charge in [0.2, 0.25) is 5.91 Å². The molecule has 1 aliphatic rings. The van der Waals surface area contributed by atoms with Gasteiger partial charge in [0.25, 0.3) is 0 Å². The van der Waals surface area contributed by atoms with Gasteiger partial charge in [0.05, 0.1) is 18.6 Å². The van der Waals surface area contributed by atoms with Crippen molar-refractivity contribution >= 4 is 5.91 Å². The molecule has 0 aliphatic carbocycles. The van der Waals surface area contributed by atoms with Gasteiger partial charge in [-0.15, -0.1) is 0 Å². The van der Waals surface area contributed by atoms with Crippen LogP contribution in [0.1, 0.15) is 29.8 Å². The lowest BCUT2D eigenvalue weighted by Crippen LogP contribution is -2.55. The van der Waals surface area contributed by atoms with Gasteiger partial charge in [-0.2, -0.15) is 4.98 Å². The second-order valence-electron chi connectivity index (χ2n) is 5.51. The van der Waals surface area contributed by atoms with Gasteiger partial charge in [-0.25, -0.2) is 4.79 Å². The summed E-state index contributed by atoms with van der Waals surface area (Å²) in [4.78, 5) is 29.9. The average molecular weight is 295 g/mol. The first-order chi connectivity index (χ1) is 9.96. The number of aryl methyl sites for hydroxylation is 2. The van der Waals surface area contributed by atoms with Crippen molar-refractivity contribution in [2.24, 2.45) is 0 Å². The SMILES string of the molecule is Cc1nc(=O)[nH]c(C)c1CC(=O)NC1(CO)CCOCC1. The molecule has 7 heteroatoms. The number of aromatic amines is 1. The fraction of sp³-hybridized carbons (Fsp3) is 0.643. The molecule has 116 valence electrons. The van der Waals surface area contributed by atoms with Crippen LogP contribution in [0.25, 0.3) is 0 Å². The molecule has 3 N–H and O–H groups in total. The largest absolute Gasteiger partial charge is 0.394 e. The number of carbonyl (C=O) groups excluding carboxylic acids is 1. The van der Waals surface area contributed by atoms with E-state index in [0.29, 0.717) is 43.0 Å². The summed E-state index contributed by atoms with van der Waals surface area (Å²) in [6.07, 6.45) is 1.32. The van der Waals surface area contributed by atoms with E-state index in [-0.39, 0.29) is 18.9 Å². The summed E-state index contributed by atoms with van der Waals surface area (Å²) in [6.45, 7) is 4.40. The van der Waals surface area contributed by atoms with E-state index >= 15 is 0 Å². The van der Waals surface area contributed by atoms with Crippen molar-refractivity contribution in [3.05, 3.63) is 27.4 Å². The van der Waals surface area contributed by atoms with Gasteiger partial charge in [0.15, 0.2) is 0 Å². The minimum atomic E-state index is -0.604. The zero-order valence-electron chi connectivity index (χ0n) is 12.4. The van der Waals surface area contributed by atoms with E-state index in [0.717, 1.165) is 0 Å². The molecule has 0 atom stereocenters. The topological polar surface area (TPSA) is 104 Å². The van der Waals surface area contributed by atoms with Gasteiger partial charge in [-0.3, -0.25) is 4.79 Å². The number of aliphatic hydroxyl groups is 1. The molecular weight excluding hydrogens is 274 g/mol. The van der Waals surface area contributed by atoms with E-state index in [1.54, 1.807) is 13.8 Å². The smallest absolute Gasteiger partial charge is 0.345 e. The van der Waals surface area contributed by atoms with Crippen LogP contribution in [-0.2, 0) is 16.0 Å². The third-order valence-electron chi connectivity index (χ3n) is 3.95. The van der Waals surface area contributed by atoms with Crippen LogP contribution in [0.4, 0.5) is 0 Å². The standard InChI is InChI=1S/C14H21N3O4/c1-9-11(10(2)16-13(20)15-9)7-12(19)17-14(8-18)3-5-21-6-4-14/h18H,3-8H2,1-2H3,(H,17,19)(H,15,16,20). The summed E-state index contributed by atoms with van der Waals surface area (Å²) in [5, 5.41) is 12.5. The maximum absolute atomic E-state index is 12.3. The van der Waals surface area contributed by atoms with Crippen LogP contribution in [0.3, 0.4) is 0 Å². The van der Waals surface area contributed by atoms with E-state index in [1.807, 2.05) is 0 Å². The first-order valence-corrected chi connectivity index (χ1v) is 7.02. The van der Waals surface area contributed by atoms with E-state index in [2.05, 4.69) is 15.3 Å². The van der Waals surface area contributed by atoms with Crippen LogP contribution in [-0.4, -0.2) is 46.3 Å². The fourth-order valence-corrected chi connectivity index (χ4v) is 2.60. The maximum atomic E-state index is 12.3. The normalized spacial score (nSPS) is 17.5. The van der Waals surface area contributed by atoms with Crippen LogP contribution in [0, 0.1) is 13.8 Å². The molecular formula is C14H21N3O4. The van der Waals surface area contributed by atoms with Gasteiger partial charge < -0.3 is 20.1 Å². The summed E-state index contributed by atoms with van der Waals surface area (Å²) < 4.78 is 5.27. The van der Waals surface area contributed by atoms with Crippen molar-refractivity contribution in [3.63, 3.8) is 0 Å². The molecule has 21 heavy (non-hydrogen) atoms. The number of hydrogen-bond donors (Lipinski definition) is 3. The number of H-pyrrole nitrogens is 1. The van der Waals surface area contributed by atoms with Crippen LogP contribution in [0.15, 0.2) is 4.79 Å². The lowest BCUT2D eigenvalue weighted by molar-refractivity contribution is -0.124. The van der Waals surface area contributed by atoms with Crippen molar-refractivity contribution < 1.29 is 14.6 Å². The molecule has 0 saturated carbocycles.